The van der Waals surface area contributed by atoms with E-state index in [1.165, 1.54) is 83.8 Å². The lowest BCUT2D eigenvalue weighted by atomic mass is 9.84. The Morgan fingerprint density at radius 3 is 2.31 bits per heavy atom. The summed E-state index contributed by atoms with van der Waals surface area (Å²) in [4.78, 5) is 6.97. The van der Waals surface area contributed by atoms with Crippen molar-refractivity contribution >= 4 is 17.1 Å². The van der Waals surface area contributed by atoms with Gasteiger partial charge in [0.25, 0.3) is 0 Å². The quantitative estimate of drug-likeness (QED) is 0.240. The fraction of sp³-hybridized carbons (Fsp3) is 0.121. The molecule has 2 heteroatoms. The number of nitrogens with zero attached hydrogens (tertiary/aromatic N) is 2. The van der Waals surface area contributed by atoms with Crippen LogP contribution in [0, 0.1) is 0 Å². The monoisotopic (exact) mass is 446 g/mol. The molecule has 0 saturated carbocycles. The fourth-order valence-corrected chi connectivity index (χ4v) is 7.13. The van der Waals surface area contributed by atoms with Crippen LogP contribution >= 0.6 is 0 Å². The Morgan fingerprint density at radius 1 is 0.543 bits per heavy atom. The van der Waals surface area contributed by atoms with Gasteiger partial charge in [-0.25, -0.2) is 0 Å². The molecule has 35 heavy (non-hydrogen) atoms. The van der Waals surface area contributed by atoms with Gasteiger partial charge in [0.2, 0.25) is 0 Å². The molecular formula is C33H22N2. The molecule has 5 aromatic rings. The lowest BCUT2D eigenvalue weighted by Gasteiger charge is -2.40. The van der Waals surface area contributed by atoms with Crippen LogP contribution in [-0.4, -0.2) is 4.98 Å². The van der Waals surface area contributed by atoms with Gasteiger partial charge < -0.3 is 4.90 Å². The number of rotatable bonds is 0. The van der Waals surface area contributed by atoms with Crippen LogP contribution in [0.3, 0.4) is 0 Å². The number of para-hydroxylation sites is 1. The van der Waals surface area contributed by atoms with E-state index in [2.05, 4.69) is 82.7 Å². The van der Waals surface area contributed by atoms with Gasteiger partial charge >= 0.3 is 0 Å². The van der Waals surface area contributed by atoms with Crippen LogP contribution in [0.5, 0.6) is 0 Å². The second-order valence-electron chi connectivity index (χ2n) is 10.4. The zero-order valence-electron chi connectivity index (χ0n) is 19.3. The standard InChI is InChI=1S/C33H22N2/c1-2-7-26-19(4-1)12-23-15-24-13-20-8-9-31-29(32(20)28(24)17-27(23)26)16-22-6-3-5-21-14-25-18-34-11-10-30(25)35(31)33(21)22/h1-11,15,17-18H,12-14,16H2. The van der Waals surface area contributed by atoms with Gasteiger partial charge in [-0.15, -0.1) is 0 Å². The predicted octanol–water partition coefficient (Wildman–Crippen LogP) is 7.50. The number of hydrogen-bond acceptors (Lipinski definition) is 2. The van der Waals surface area contributed by atoms with Crippen LogP contribution in [0.1, 0.15) is 44.5 Å². The van der Waals surface area contributed by atoms with Crippen molar-refractivity contribution in [2.75, 3.05) is 4.90 Å². The molecule has 0 atom stereocenters. The fourth-order valence-electron chi connectivity index (χ4n) is 7.13. The van der Waals surface area contributed by atoms with Gasteiger partial charge in [0.15, 0.2) is 0 Å². The third-order valence-corrected chi connectivity index (χ3v) is 8.58. The molecule has 0 radical (unpaired) electrons. The molecular weight excluding hydrogens is 424 g/mol. The molecule has 0 amide bonds. The summed E-state index contributed by atoms with van der Waals surface area (Å²) in [6.07, 6.45) is 8.02. The summed E-state index contributed by atoms with van der Waals surface area (Å²) >= 11 is 0. The first-order valence-corrected chi connectivity index (χ1v) is 12.6. The van der Waals surface area contributed by atoms with E-state index in [1.54, 1.807) is 0 Å². The normalized spacial score (nSPS) is 14.9. The van der Waals surface area contributed by atoms with Crippen LogP contribution in [0.4, 0.5) is 17.1 Å². The highest BCUT2D eigenvalue weighted by atomic mass is 15.2. The van der Waals surface area contributed by atoms with E-state index in [-0.39, 0.29) is 0 Å². The van der Waals surface area contributed by atoms with Crippen LogP contribution in [0.15, 0.2) is 85.2 Å². The van der Waals surface area contributed by atoms with Crippen molar-refractivity contribution in [3.63, 3.8) is 0 Å². The minimum atomic E-state index is 0.956. The molecule has 0 fully saturated rings. The zero-order valence-corrected chi connectivity index (χ0v) is 19.3. The molecule has 0 unspecified atom stereocenters. The number of pyridine rings is 1. The van der Waals surface area contributed by atoms with E-state index >= 15 is 0 Å². The Kier molecular flexibility index (Phi) is 3.27. The van der Waals surface area contributed by atoms with Crippen molar-refractivity contribution in [1.82, 2.24) is 4.98 Å². The molecule has 1 aromatic heterocycles. The van der Waals surface area contributed by atoms with E-state index in [0.717, 1.165) is 25.7 Å². The SMILES string of the molecule is c1ccc2c(c1)Cc1cc3c(cc1-2)-c1c(ccc2c1Cc1cccc4c1N2c1ccncc1C4)C3. The van der Waals surface area contributed by atoms with Gasteiger partial charge in [0, 0.05) is 25.2 Å². The van der Waals surface area contributed by atoms with Gasteiger partial charge in [0.05, 0.1) is 17.1 Å². The first kappa shape index (κ1) is 18.2. The summed E-state index contributed by atoms with van der Waals surface area (Å²) in [6.45, 7) is 0. The van der Waals surface area contributed by atoms with Crippen LogP contribution in [-0.2, 0) is 25.7 Å². The first-order chi connectivity index (χ1) is 17.3. The van der Waals surface area contributed by atoms with Crippen LogP contribution < -0.4 is 4.90 Å². The van der Waals surface area contributed by atoms with Crippen LogP contribution in [0.25, 0.3) is 22.3 Å². The average Bonchev–Trinajstić information content (AvgIpc) is 3.44. The van der Waals surface area contributed by atoms with Crippen LogP contribution in [0.2, 0.25) is 0 Å². The smallest absolute Gasteiger partial charge is 0.0532 e. The summed E-state index contributed by atoms with van der Waals surface area (Å²) in [6, 6.07) is 27.7. The average molecular weight is 447 g/mol. The van der Waals surface area contributed by atoms with Crippen molar-refractivity contribution in [2.24, 2.45) is 0 Å². The zero-order chi connectivity index (χ0) is 22.7. The van der Waals surface area contributed by atoms with E-state index in [4.69, 9.17) is 0 Å². The Labute approximate surface area is 204 Å². The highest BCUT2D eigenvalue weighted by molar-refractivity contribution is 5.95. The number of aromatic nitrogens is 1. The Hall–Kier alpha value is -4.17. The third-order valence-electron chi connectivity index (χ3n) is 8.58. The van der Waals surface area contributed by atoms with E-state index in [0.29, 0.717) is 0 Å². The van der Waals surface area contributed by atoms with Crippen molar-refractivity contribution in [2.45, 2.75) is 25.7 Å². The molecule has 0 bridgehead atoms. The largest absolute Gasteiger partial charge is 0.309 e. The molecule has 164 valence electrons. The van der Waals surface area contributed by atoms with E-state index in [1.807, 2.05) is 12.4 Å². The third kappa shape index (κ3) is 2.27. The predicted molar refractivity (Wildman–Crippen MR) is 141 cm³/mol. The lowest BCUT2D eigenvalue weighted by molar-refractivity contribution is 1.00. The highest BCUT2D eigenvalue weighted by Gasteiger charge is 2.35. The van der Waals surface area contributed by atoms with E-state index < -0.39 is 0 Å². The maximum absolute atomic E-state index is 4.45. The molecule has 2 aliphatic carbocycles. The maximum atomic E-state index is 4.45. The molecule has 0 saturated heterocycles. The minimum absolute atomic E-state index is 0.956. The van der Waals surface area contributed by atoms with Gasteiger partial charge in [-0.05, 0) is 97.8 Å². The minimum Gasteiger partial charge on any atom is -0.309 e. The van der Waals surface area contributed by atoms with Gasteiger partial charge in [-0.2, -0.15) is 0 Å². The van der Waals surface area contributed by atoms with Gasteiger partial charge in [-0.1, -0.05) is 54.6 Å². The molecule has 2 aliphatic heterocycles. The summed E-state index contributed by atoms with van der Waals surface area (Å²) in [5, 5.41) is 0. The number of fused-ring (bicyclic) bond motifs is 11. The summed E-state index contributed by atoms with van der Waals surface area (Å²) < 4.78 is 0. The second-order valence-corrected chi connectivity index (χ2v) is 10.4. The number of anilines is 3. The Balaban J connectivity index is 1.30. The molecule has 2 nitrogen and oxygen atoms in total. The van der Waals surface area contributed by atoms with Crippen molar-refractivity contribution in [3.8, 4) is 22.3 Å². The summed E-state index contributed by atoms with van der Waals surface area (Å²) in [7, 11) is 0. The summed E-state index contributed by atoms with van der Waals surface area (Å²) in [5.41, 5.74) is 21.3. The molecule has 0 spiro atoms. The van der Waals surface area contributed by atoms with Crippen molar-refractivity contribution < 1.29 is 0 Å². The van der Waals surface area contributed by atoms with E-state index in [9.17, 15) is 0 Å². The summed E-state index contributed by atoms with van der Waals surface area (Å²) in [5.74, 6) is 0. The highest BCUT2D eigenvalue weighted by Crippen LogP contribution is 2.54. The second kappa shape index (κ2) is 6.28. The molecule has 4 aromatic carbocycles. The molecule has 3 heterocycles. The number of hydrogen-bond donors (Lipinski definition) is 0. The molecule has 4 aliphatic rings. The maximum Gasteiger partial charge on any atom is 0.0532 e. The lowest BCUT2D eigenvalue weighted by Crippen LogP contribution is -2.25. The molecule has 9 rings (SSSR count). The van der Waals surface area contributed by atoms with Gasteiger partial charge in [-0.3, -0.25) is 4.98 Å². The van der Waals surface area contributed by atoms with Crippen molar-refractivity contribution in [3.05, 3.63) is 130 Å². The van der Waals surface area contributed by atoms with Gasteiger partial charge in [0.1, 0.15) is 0 Å². The number of benzene rings is 4. The molecule has 0 N–H and O–H groups in total. The Bertz CT molecular complexity index is 1760. The topological polar surface area (TPSA) is 16.1 Å². The Morgan fingerprint density at radius 2 is 1.34 bits per heavy atom. The first-order valence-electron chi connectivity index (χ1n) is 12.6. The van der Waals surface area contributed by atoms with Crippen molar-refractivity contribution in [1.29, 1.82) is 0 Å².